The molecule has 6 heteroatoms. The fourth-order valence-electron chi connectivity index (χ4n) is 2.13. The number of rotatable bonds is 6. The number of nitriles is 1. The standard InChI is InChI=1S/C17H17N5O/c18-11-4-12-22-20-17(19-21-22)15-7-9-16(10-8-15)23-13-14-5-2-1-3-6-14/h1-3,5-10,21H,4,12-13H2,(H,19,20). The number of nitrogens with zero attached hydrogens (tertiary/aromatic N) is 3. The number of nitrogens with one attached hydrogen (secondary N) is 2. The van der Waals surface area contributed by atoms with Crippen LogP contribution in [0.5, 0.6) is 5.75 Å². The molecule has 0 amide bonds. The van der Waals surface area contributed by atoms with Gasteiger partial charge in [0.1, 0.15) is 12.4 Å². The third kappa shape index (κ3) is 3.99. The maximum absolute atomic E-state index is 8.59. The van der Waals surface area contributed by atoms with E-state index in [2.05, 4.69) is 22.1 Å². The van der Waals surface area contributed by atoms with Crippen molar-refractivity contribution in [1.29, 1.82) is 5.26 Å². The van der Waals surface area contributed by atoms with E-state index in [9.17, 15) is 0 Å². The Bertz CT molecular complexity index is 706. The van der Waals surface area contributed by atoms with E-state index in [-0.39, 0.29) is 0 Å². The lowest BCUT2D eigenvalue weighted by Gasteiger charge is -2.13. The summed E-state index contributed by atoms with van der Waals surface area (Å²) in [5.41, 5.74) is 8.01. The smallest absolute Gasteiger partial charge is 0.170 e. The van der Waals surface area contributed by atoms with Crippen molar-refractivity contribution in [2.75, 3.05) is 6.54 Å². The maximum atomic E-state index is 8.59. The van der Waals surface area contributed by atoms with Gasteiger partial charge in [-0.2, -0.15) is 5.26 Å². The van der Waals surface area contributed by atoms with E-state index in [1.54, 1.807) is 5.12 Å². The summed E-state index contributed by atoms with van der Waals surface area (Å²) in [4.78, 5) is 0. The fraction of sp³-hybridized carbons (Fsp3) is 0.176. The van der Waals surface area contributed by atoms with Gasteiger partial charge in [0.05, 0.1) is 19.0 Å². The molecular weight excluding hydrogens is 290 g/mol. The second-order valence-corrected chi connectivity index (χ2v) is 5.03. The summed E-state index contributed by atoms with van der Waals surface area (Å²) in [6.07, 6.45) is 0.426. The van der Waals surface area contributed by atoms with E-state index in [0.29, 0.717) is 19.6 Å². The average molecular weight is 307 g/mol. The van der Waals surface area contributed by atoms with Crippen LogP contribution in [0.3, 0.4) is 0 Å². The molecule has 0 aromatic heterocycles. The van der Waals surface area contributed by atoms with Gasteiger partial charge < -0.3 is 4.74 Å². The van der Waals surface area contributed by atoms with Crippen molar-refractivity contribution in [2.45, 2.75) is 13.0 Å². The van der Waals surface area contributed by atoms with Crippen LogP contribution in [0.15, 0.2) is 59.7 Å². The number of ether oxygens (including phenoxy) is 1. The molecule has 2 aromatic rings. The topological polar surface area (TPSA) is 72.7 Å². The number of amidine groups is 1. The molecule has 0 aliphatic carbocycles. The molecule has 0 saturated carbocycles. The minimum absolute atomic E-state index is 0.426. The summed E-state index contributed by atoms with van der Waals surface area (Å²) in [7, 11) is 0. The first-order valence-electron chi connectivity index (χ1n) is 7.37. The zero-order valence-electron chi connectivity index (χ0n) is 12.6. The molecule has 1 aliphatic rings. The van der Waals surface area contributed by atoms with E-state index in [1.807, 2.05) is 54.6 Å². The third-order valence-corrected chi connectivity index (χ3v) is 3.35. The summed E-state index contributed by atoms with van der Waals surface area (Å²) in [5, 5.41) is 14.5. The van der Waals surface area contributed by atoms with Crippen molar-refractivity contribution in [3.05, 3.63) is 65.7 Å². The largest absolute Gasteiger partial charge is 0.489 e. The predicted molar refractivity (Wildman–Crippen MR) is 87.0 cm³/mol. The molecule has 2 N–H and O–H groups in total. The molecule has 0 bridgehead atoms. The van der Waals surface area contributed by atoms with Gasteiger partial charge >= 0.3 is 0 Å². The maximum Gasteiger partial charge on any atom is 0.170 e. The highest BCUT2D eigenvalue weighted by Gasteiger charge is 2.15. The van der Waals surface area contributed by atoms with Crippen molar-refractivity contribution in [1.82, 2.24) is 16.1 Å². The van der Waals surface area contributed by atoms with Crippen LogP contribution < -0.4 is 15.7 Å². The number of hydrazone groups is 1. The minimum Gasteiger partial charge on any atom is -0.489 e. The molecule has 3 rings (SSSR count). The van der Waals surface area contributed by atoms with Gasteiger partial charge in [-0.1, -0.05) is 30.3 Å². The Balaban J connectivity index is 1.55. The molecule has 0 atom stereocenters. The van der Waals surface area contributed by atoms with Gasteiger partial charge in [-0.3, -0.25) is 5.43 Å². The molecule has 23 heavy (non-hydrogen) atoms. The Morgan fingerprint density at radius 1 is 1.09 bits per heavy atom. The molecule has 0 fully saturated rings. The lowest BCUT2D eigenvalue weighted by atomic mass is 10.2. The van der Waals surface area contributed by atoms with Crippen LogP contribution in [0.2, 0.25) is 0 Å². The number of hydrazine groups is 2. The van der Waals surface area contributed by atoms with E-state index in [4.69, 9.17) is 10.00 Å². The van der Waals surface area contributed by atoms with E-state index in [1.165, 1.54) is 0 Å². The van der Waals surface area contributed by atoms with Crippen LogP contribution in [0.1, 0.15) is 17.5 Å². The van der Waals surface area contributed by atoms with Crippen molar-refractivity contribution >= 4 is 5.84 Å². The quantitative estimate of drug-likeness (QED) is 0.855. The molecule has 116 valence electrons. The van der Waals surface area contributed by atoms with Crippen molar-refractivity contribution < 1.29 is 4.74 Å². The highest BCUT2D eigenvalue weighted by molar-refractivity contribution is 5.98. The minimum atomic E-state index is 0.426. The molecule has 0 unspecified atom stereocenters. The Morgan fingerprint density at radius 3 is 2.61 bits per heavy atom. The number of benzene rings is 2. The summed E-state index contributed by atoms with van der Waals surface area (Å²) in [6.45, 7) is 1.10. The number of hydrogen-bond donors (Lipinski definition) is 2. The van der Waals surface area contributed by atoms with Crippen molar-refractivity contribution in [2.24, 2.45) is 5.10 Å². The lowest BCUT2D eigenvalue weighted by molar-refractivity contribution is 0.184. The second-order valence-electron chi connectivity index (χ2n) is 5.03. The van der Waals surface area contributed by atoms with Crippen LogP contribution in [-0.4, -0.2) is 17.5 Å². The van der Waals surface area contributed by atoms with Gasteiger partial charge in [0.2, 0.25) is 0 Å². The Kier molecular flexibility index (Phi) is 4.72. The second kappa shape index (κ2) is 7.29. The molecule has 6 nitrogen and oxygen atoms in total. The van der Waals surface area contributed by atoms with E-state index < -0.39 is 0 Å². The number of hydrogen-bond acceptors (Lipinski definition) is 6. The van der Waals surface area contributed by atoms with Crippen LogP contribution >= 0.6 is 0 Å². The zero-order valence-corrected chi connectivity index (χ0v) is 12.6. The van der Waals surface area contributed by atoms with E-state index in [0.717, 1.165) is 22.7 Å². The molecule has 1 heterocycles. The predicted octanol–water partition coefficient (Wildman–Crippen LogP) is 2.17. The first kappa shape index (κ1) is 14.9. The van der Waals surface area contributed by atoms with Crippen LogP contribution in [0, 0.1) is 11.3 Å². The normalized spacial score (nSPS) is 13.6. The molecule has 2 aromatic carbocycles. The SMILES string of the molecule is N#CCCN1NN=C(c2ccc(OCc3ccccc3)cc2)N1. The lowest BCUT2D eigenvalue weighted by Crippen LogP contribution is -2.42. The molecular formula is C17H17N5O. The van der Waals surface area contributed by atoms with Gasteiger partial charge in [-0.15, -0.1) is 10.2 Å². The monoisotopic (exact) mass is 307 g/mol. The Labute approximate surface area is 134 Å². The molecule has 0 saturated heterocycles. The van der Waals surface area contributed by atoms with Crippen LogP contribution in [0.4, 0.5) is 0 Å². The van der Waals surface area contributed by atoms with Crippen LogP contribution in [-0.2, 0) is 6.61 Å². The summed E-state index contributed by atoms with van der Waals surface area (Å²) in [6, 6.07) is 19.9. The molecule has 0 radical (unpaired) electrons. The fourth-order valence-corrected chi connectivity index (χ4v) is 2.13. The average Bonchev–Trinajstić information content (AvgIpc) is 3.08. The molecule has 1 aliphatic heterocycles. The summed E-state index contributed by atoms with van der Waals surface area (Å²) in [5.74, 6) is 1.53. The third-order valence-electron chi connectivity index (χ3n) is 3.35. The van der Waals surface area contributed by atoms with Gasteiger partial charge in [0.25, 0.3) is 0 Å². The summed E-state index contributed by atoms with van der Waals surface area (Å²) < 4.78 is 5.76. The first-order chi connectivity index (χ1) is 11.3. The Hall–Kier alpha value is -3.04. The van der Waals surface area contributed by atoms with Crippen LogP contribution in [0.25, 0.3) is 0 Å². The van der Waals surface area contributed by atoms with Gasteiger partial charge in [0.15, 0.2) is 5.84 Å². The van der Waals surface area contributed by atoms with Crippen molar-refractivity contribution in [3.63, 3.8) is 0 Å². The van der Waals surface area contributed by atoms with Gasteiger partial charge in [-0.25, -0.2) is 5.53 Å². The first-order valence-corrected chi connectivity index (χ1v) is 7.37. The van der Waals surface area contributed by atoms with Gasteiger partial charge in [0, 0.05) is 5.56 Å². The zero-order chi connectivity index (χ0) is 15.9. The van der Waals surface area contributed by atoms with Crippen molar-refractivity contribution in [3.8, 4) is 11.8 Å². The van der Waals surface area contributed by atoms with E-state index >= 15 is 0 Å². The van der Waals surface area contributed by atoms with Gasteiger partial charge in [-0.05, 0) is 29.8 Å². The Morgan fingerprint density at radius 2 is 1.87 bits per heavy atom. The summed E-state index contributed by atoms with van der Waals surface area (Å²) >= 11 is 0. The highest BCUT2D eigenvalue weighted by Crippen LogP contribution is 2.15. The highest BCUT2D eigenvalue weighted by atomic mass is 16.5. The molecule has 0 spiro atoms.